The first-order valence-electron chi connectivity index (χ1n) is 7.04. The summed E-state index contributed by atoms with van der Waals surface area (Å²) in [5.41, 5.74) is 1.64. The standard InChI is InChI=1S/C14H20BIN2O3/c15-9-10-4-6-11(7-5-10)13(19)18-12(14(20)21)3-1-2-8-17-16/h4-7,12,17H,1-3,8-9,15H2,(H,18,19)(H,20,21). The summed E-state index contributed by atoms with van der Waals surface area (Å²) in [4.78, 5) is 23.3. The Morgan fingerprint density at radius 2 is 1.90 bits per heavy atom. The van der Waals surface area contributed by atoms with Crippen LogP contribution in [-0.4, -0.2) is 37.4 Å². The number of amides is 1. The lowest BCUT2D eigenvalue weighted by molar-refractivity contribution is -0.139. The molecule has 1 aromatic carbocycles. The van der Waals surface area contributed by atoms with Crippen molar-refractivity contribution in [2.45, 2.75) is 31.6 Å². The molecule has 0 aliphatic rings. The number of rotatable bonds is 9. The zero-order valence-electron chi connectivity index (χ0n) is 12.1. The Kier molecular flexibility index (Phi) is 8.37. The van der Waals surface area contributed by atoms with Gasteiger partial charge in [-0.25, -0.2) is 4.79 Å². The van der Waals surface area contributed by atoms with Gasteiger partial charge in [0.05, 0.1) is 0 Å². The Balaban J connectivity index is 2.56. The van der Waals surface area contributed by atoms with Gasteiger partial charge >= 0.3 is 5.97 Å². The predicted molar refractivity (Wildman–Crippen MR) is 93.5 cm³/mol. The van der Waals surface area contributed by atoms with E-state index in [1.807, 2.05) is 20.0 Å². The van der Waals surface area contributed by atoms with Gasteiger partial charge in [-0.05, 0) is 31.4 Å². The first-order chi connectivity index (χ1) is 10.1. The number of carboxylic acids is 1. The minimum atomic E-state index is -0.990. The molecule has 1 atom stereocenters. The van der Waals surface area contributed by atoms with Crippen molar-refractivity contribution in [3.05, 3.63) is 35.4 Å². The van der Waals surface area contributed by atoms with Crippen molar-refractivity contribution in [1.82, 2.24) is 8.85 Å². The van der Waals surface area contributed by atoms with Crippen molar-refractivity contribution >= 4 is 42.6 Å². The first-order valence-corrected chi connectivity index (χ1v) is 8.12. The zero-order valence-corrected chi connectivity index (χ0v) is 14.2. The summed E-state index contributed by atoms with van der Waals surface area (Å²) >= 11 is 2.06. The molecule has 5 nitrogen and oxygen atoms in total. The topological polar surface area (TPSA) is 78.4 Å². The molecule has 1 amide bonds. The SMILES string of the molecule is BCc1ccc(C(=O)NC(CCCCNI)C(=O)O)cc1. The van der Waals surface area contributed by atoms with Gasteiger partial charge in [-0.15, -0.1) is 0 Å². The molecule has 1 rings (SSSR count). The molecule has 21 heavy (non-hydrogen) atoms. The van der Waals surface area contributed by atoms with Gasteiger partial charge in [-0.3, -0.25) is 8.32 Å². The normalized spacial score (nSPS) is 11.9. The molecule has 0 heterocycles. The number of carbonyl (C=O) groups excluding carboxylic acids is 1. The van der Waals surface area contributed by atoms with Gasteiger partial charge in [0, 0.05) is 35.0 Å². The minimum absolute atomic E-state index is 0.336. The molecule has 0 aliphatic carbocycles. The lowest BCUT2D eigenvalue weighted by atomic mass is 9.96. The van der Waals surface area contributed by atoms with Crippen LogP contribution in [0.15, 0.2) is 24.3 Å². The lowest BCUT2D eigenvalue weighted by Gasteiger charge is -2.14. The van der Waals surface area contributed by atoms with Gasteiger partial charge in [0.2, 0.25) is 0 Å². The molecule has 114 valence electrons. The third-order valence-electron chi connectivity index (χ3n) is 3.24. The van der Waals surface area contributed by atoms with Crippen LogP contribution in [0.1, 0.15) is 35.2 Å². The smallest absolute Gasteiger partial charge is 0.326 e. The van der Waals surface area contributed by atoms with E-state index in [2.05, 4.69) is 31.7 Å². The van der Waals surface area contributed by atoms with Crippen molar-refractivity contribution in [3.63, 3.8) is 0 Å². The van der Waals surface area contributed by atoms with E-state index in [1.54, 1.807) is 12.1 Å². The Labute approximate surface area is 139 Å². The van der Waals surface area contributed by atoms with E-state index in [0.29, 0.717) is 12.0 Å². The summed E-state index contributed by atoms with van der Waals surface area (Å²) in [5.74, 6) is -1.33. The molecular weight excluding hydrogens is 382 g/mol. The van der Waals surface area contributed by atoms with Crippen molar-refractivity contribution < 1.29 is 14.7 Å². The van der Waals surface area contributed by atoms with Crippen molar-refractivity contribution in [2.75, 3.05) is 6.54 Å². The number of carbonyl (C=O) groups is 2. The van der Waals surface area contributed by atoms with Crippen LogP contribution >= 0.6 is 22.9 Å². The van der Waals surface area contributed by atoms with Gasteiger partial charge in [0.25, 0.3) is 5.91 Å². The summed E-state index contributed by atoms with van der Waals surface area (Å²) < 4.78 is 2.98. The van der Waals surface area contributed by atoms with Crippen LogP contribution in [0.25, 0.3) is 0 Å². The summed E-state index contributed by atoms with van der Waals surface area (Å²) in [6, 6.07) is 6.39. The van der Waals surface area contributed by atoms with Crippen LogP contribution in [-0.2, 0) is 11.1 Å². The maximum absolute atomic E-state index is 12.1. The number of hydrogen-bond donors (Lipinski definition) is 3. The van der Waals surface area contributed by atoms with Gasteiger partial charge in [0.1, 0.15) is 13.9 Å². The highest BCUT2D eigenvalue weighted by Crippen LogP contribution is 2.07. The van der Waals surface area contributed by atoms with E-state index in [0.717, 1.165) is 31.3 Å². The monoisotopic (exact) mass is 402 g/mol. The molecule has 0 aliphatic heterocycles. The maximum Gasteiger partial charge on any atom is 0.326 e. The van der Waals surface area contributed by atoms with E-state index in [9.17, 15) is 14.7 Å². The second kappa shape index (κ2) is 9.78. The highest BCUT2D eigenvalue weighted by atomic mass is 127. The molecule has 3 N–H and O–H groups in total. The maximum atomic E-state index is 12.1. The number of benzene rings is 1. The number of aliphatic carboxylic acids is 1. The molecule has 0 aromatic heterocycles. The van der Waals surface area contributed by atoms with Crippen molar-refractivity contribution in [2.24, 2.45) is 0 Å². The fourth-order valence-electron chi connectivity index (χ4n) is 1.93. The average molecular weight is 402 g/mol. The molecule has 1 unspecified atom stereocenters. The van der Waals surface area contributed by atoms with Crippen LogP contribution in [0.4, 0.5) is 0 Å². The summed E-state index contributed by atoms with van der Waals surface area (Å²) in [6.45, 7) is 0.833. The first kappa shape index (κ1) is 18.0. The number of nitrogens with one attached hydrogen (secondary N) is 2. The second-order valence-electron chi connectivity index (χ2n) is 4.79. The van der Waals surface area contributed by atoms with Crippen LogP contribution in [0, 0.1) is 0 Å². The summed E-state index contributed by atoms with van der Waals surface area (Å²) in [5, 5.41) is 11.8. The zero-order chi connectivity index (χ0) is 15.7. The van der Waals surface area contributed by atoms with Gasteiger partial charge in [0.15, 0.2) is 0 Å². The van der Waals surface area contributed by atoms with E-state index >= 15 is 0 Å². The molecule has 0 bridgehead atoms. The lowest BCUT2D eigenvalue weighted by Crippen LogP contribution is -2.40. The third kappa shape index (κ3) is 6.47. The number of unbranched alkanes of at least 4 members (excludes halogenated alkanes) is 1. The number of carboxylic acid groups (broad SMARTS) is 1. The second-order valence-corrected chi connectivity index (χ2v) is 5.56. The van der Waals surface area contributed by atoms with Crippen LogP contribution in [0.2, 0.25) is 0 Å². The third-order valence-corrected chi connectivity index (χ3v) is 3.78. The van der Waals surface area contributed by atoms with E-state index in [-0.39, 0.29) is 5.91 Å². The molecule has 0 spiro atoms. The van der Waals surface area contributed by atoms with Crippen molar-refractivity contribution in [3.8, 4) is 0 Å². The quantitative estimate of drug-likeness (QED) is 0.251. The molecule has 0 fully saturated rings. The fourth-order valence-corrected chi connectivity index (χ4v) is 2.31. The highest BCUT2D eigenvalue weighted by molar-refractivity contribution is 14.1. The molecular formula is C14H20BIN2O3. The minimum Gasteiger partial charge on any atom is -0.480 e. The van der Waals surface area contributed by atoms with Gasteiger partial charge in [-0.2, -0.15) is 0 Å². The highest BCUT2D eigenvalue weighted by Gasteiger charge is 2.20. The largest absolute Gasteiger partial charge is 0.480 e. The van der Waals surface area contributed by atoms with Crippen LogP contribution < -0.4 is 8.85 Å². The average Bonchev–Trinajstić information content (AvgIpc) is 2.50. The van der Waals surface area contributed by atoms with Crippen LogP contribution in [0.5, 0.6) is 0 Å². The van der Waals surface area contributed by atoms with E-state index in [1.165, 1.54) is 0 Å². The predicted octanol–water partition coefficient (Wildman–Crippen LogP) is 1.11. The van der Waals surface area contributed by atoms with Gasteiger partial charge < -0.3 is 10.4 Å². The summed E-state index contributed by atoms with van der Waals surface area (Å²) in [6.07, 6.45) is 2.98. The molecule has 1 aromatic rings. The number of hydrogen-bond acceptors (Lipinski definition) is 3. The summed E-state index contributed by atoms with van der Waals surface area (Å²) in [7, 11) is 2.04. The van der Waals surface area contributed by atoms with Crippen molar-refractivity contribution in [1.29, 1.82) is 0 Å². The molecule has 7 heteroatoms. The Morgan fingerprint density at radius 3 is 2.43 bits per heavy atom. The fraction of sp³-hybridized carbons (Fsp3) is 0.429. The Hall–Kier alpha value is -1.09. The molecule has 0 radical (unpaired) electrons. The van der Waals surface area contributed by atoms with E-state index < -0.39 is 12.0 Å². The van der Waals surface area contributed by atoms with Crippen LogP contribution in [0.3, 0.4) is 0 Å². The number of halogens is 1. The molecule has 0 saturated carbocycles. The Bertz CT molecular complexity index is 468. The molecule has 0 saturated heterocycles. The van der Waals surface area contributed by atoms with Gasteiger partial charge in [-0.1, -0.05) is 24.0 Å². The Morgan fingerprint density at radius 1 is 1.24 bits per heavy atom. The van der Waals surface area contributed by atoms with E-state index in [4.69, 9.17) is 0 Å².